The molecular formula is C9H4ClNO2. The average molecular weight is 194 g/mol. The predicted octanol–water partition coefficient (Wildman–Crippen LogP) is 2.08. The van der Waals surface area contributed by atoms with Crippen LogP contribution in [0.3, 0.4) is 0 Å². The standard InChI is InChI=1S/C9H4ClNO2/c10-6-3-1-2-5-7(4-11)13-9(12)8(5)6/h1-3,7H. The number of cyclic esters (lactones) is 1. The molecule has 1 atom stereocenters. The highest BCUT2D eigenvalue weighted by molar-refractivity contribution is 6.34. The van der Waals surface area contributed by atoms with E-state index in [1.807, 2.05) is 6.07 Å². The van der Waals surface area contributed by atoms with Gasteiger partial charge in [0.1, 0.15) is 6.07 Å². The highest BCUT2D eigenvalue weighted by atomic mass is 35.5. The lowest BCUT2D eigenvalue weighted by molar-refractivity contribution is 0.0478. The number of rotatable bonds is 0. The fourth-order valence-corrected chi connectivity index (χ4v) is 1.56. The second-order valence-corrected chi connectivity index (χ2v) is 3.03. The Bertz CT molecular complexity index is 422. The van der Waals surface area contributed by atoms with Gasteiger partial charge in [0.2, 0.25) is 6.10 Å². The van der Waals surface area contributed by atoms with Crippen molar-refractivity contribution in [2.45, 2.75) is 6.10 Å². The summed E-state index contributed by atoms with van der Waals surface area (Å²) in [6, 6.07) is 6.83. The molecule has 0 radical (unpaired) electrons. The van der Waals surface area contributed by atoms with E-state index in [0.717, 1.165) is 0 Å². The molecule has 0 saturated heterocycles. The number of nitrogens with zero attached hydrogens (tertiary/aromatic N) is 1. The van der Waals surface area contributed by atoms with Gasteiger partial charge in [-0.15, -0.1) is 0 Å². The van der Waals surface area contributed by atoms with Crippen LogP contribution in [0.4, 0.5) is 0 Å². The van der Waals surface area contributed by atoms with Crippen molar-refractivity contribution in [1.82, 2.24) is 0 Å². The van der Waals surface area contributed by atoms with Crippen LogP contribution in [-0.4, -0.2) is 5.97 Å². The van der Waals surface area contributed by atoms with Crippen LogP contribution in [0.2, 0.25) is 5.02 Å². The first kappa shape index (κ1) is 8.09. The van der Waals surface area contributed by atoms with Gasteiger partial charge in [-0.1, -0.05) is 23.7 Å². The minimum atomic E-state index is -0.804. The molecule has 13 heavy (non-hydrogen) atoms. The van der Waals surface area contributed by atoms with Crippen molar-refractivity contribution in [2.24, 2.45) is 0 Å². The van der Waals surface area contributed by atoms with Crippen molar-refractivity contribution in [1.29, 1.82) is 5.26 Å². The molecule has 0 fully saturated rings. The quantitative estimate of drug-likeness (QED) is 0.593. The maximum absolute atomic E-state index is 11.2. The minimum absolute atomic E-state index is 0.315. The number of carbonyl (C=O) groups excluding carboxylic acids is 1. The minimum Gasteiger partial charge on any atom is -0.438 e. The lowest BCUT2D eigenvalue weighted by Gasteiger charge is -1.97. The van der Waals surface area contributed by atoms with Crippen LogP contribution >= 0.6 is 11.6 Å². The fourth-order valence-electron chi connectivity index (χ4n) is 1.30. The molecule has 1 heterocycles. The topological polar surface area (TPSA) is 50.1 Å². The van der Waals surface area contributed by atoms with Crippen molar-refractivity contribution >= 4 is 17.6 Å². The molecule has 0 amide bonds. The largest absolute Gasteiger partial charge is 0.438 e. The van der Waals surface area contributed by atoms with E-state index in [9.17, 15) is 4.79 Å². The Balaban J connectivity index is 2.66. The van der Waals surface area contributed by atoms with E-state index >= 15 is 0 Å². The number of ether oxygens (including phenoxy) is 1. The molecule has 64 valence electrons. The second kappa shape index (κ2) is 2.75. The number of fused-ring (bicyclic) bond motifs is 1. The summed E-state index contributed by atoms with van der Waals surface area (Å²) >= 11 is 5.78. The average Bonchev–Trinajstić information content (AvgIpc) is 2.44. The van der Waals surface area contributed by atoms with Crippen molar-refractivity contribution in [3.05, 3.63) is 34.3 Å². The van der Waals surface area contributed by atoms with Gasteiger partial charge >= 0.3 is 5.97 Å². The molecule has 1 aromatic rings. The van der Waals surface area contributed by atoms with Gasteiger partial charge < -0.3 is 4.74 Å². The molecule has 0 N–H and O–H groups in total. The summed E-state index contributed by atoms with van der Waals surface area (Å²) < 4.78 is 4.78. The zero-order valence-electron chi connectivity index (χ0n) is 6.45. The van der Waals surface area contributed by atoms with Crippen LogP contribution < -0.4 is 0 Å². The van der Waals surface area contributed by atoms with Crippen LogP contribution in [-0.2, 0) is 4.74 Å². The maximum Gasteiger partial charge on any atom is 0.341 e. The Labute approximate surface area is 79.5 Å². The number of halogens is 1. The normalized spacial score (nSPS) is 19.1. The lowest BCUT2D eigenvalue weighted by Crippen LogP contribution is -1.95. The van der Waals surface area contributed by atoms with Crippen LogP contribution in [0.15, 0.2) is 18.2 Å². The molecule has 0 bridgehead atoms. The van der Waals surface area contributed by atoms with Crippen molar-refractivity contribution in [3.63, 3.8) is 0 Å². The first-order valence-electron chi connectivity index (χ1n) is 3.63. The van der Waals surface area contributed by atoms with Gasteiger partial charge in [-0.05, 0) is 6.07 Å². The molecule has 1 aliphatic rings. The van der Waals surface area contributed by atoms with E-state index in [2.05, 4.69) is 0 Å². The van der Waals surface area contributed by atoms with E-state index in [0.29, 0.717) is 16.1 Å². The maximum atomic E-state index is 11.2. The van der Waals surface area contributed by atoms with Crippen molar-refractivity contribution in [2.75, 3.05) is 0 Å². The summed E-state index contributed by atoms with van der Waals surface area (Å²) in [6.45, 7) is 0. The summed E-state index contributed by atoms with van der Waals surface area (Å²) in [4.78, 5) is 11.2. The molecular weight excluding hydrogens is 190 g/mol. The van der Waals surface area contributed by atoms with Crippen LogP contribution in [0.5, 0.6) is 0 Å². The summed E-state index contributed by atoms with van der Waals surface area (Å²) in [5.74, 6) is -0.521. The molecule has 0 aromatic heterocycles. The smallest absolute Gasteiger partial charge is 0.341 e. The highest BCUT2D eigenvalue weighted by Crippen LogP contribution is 2.34. The number of benzene rings is 1. The molecule has 0 aliphatic carbocycles. The number of esters is 1. The molecule has 0 spiro atoms. The number of hydrogen-bond acceptors (Lipinski definition) is 3. The second-order valence-electron chi connectivity index (χ2n) is 2.62. The SMILES string of the molecule is N#CC1OC(=O)c2c(Cl)cccc21. The Kier molecular flexibility index (Phi) is 1.71. The van der Waals surface area contributed by atoms with E-state index < -0.39 is 12.1 Å². The third-order valence-electron chi connectivity index (χ3n) is 1.87. The summed E-state index contributed by atoms with van der Waals surface area (Å²) in [5, 5.41) is 8.98. The Morgan fingerprint density at radius 1 is 1.54 bits per heavy atom. The third kappa shape index (κ3) is 1.07. The Hall–Kier alpha value is -1.53. The molecule has 0 saturated carbocycles. The lowest BCUT2D eigenvalue weighted by atomic mass is 10.1. The summed E-state index contributed by atoms with van der Waals surface area (Å²) in [5.41, 5.74) is 0.871. The zero-order chi connectivity index (χ0) is 9.42. The Morgan fingerprint density at radius 3 is 3.00 bits per heavy atom. The van der Waals surface area contributed by atoms with E-state index in [1.165, 1.54) is 0 Å². The Morgan fingerprint density at radius 2 is 2.31 bits per heavy atom. The van der Waals surface area contributed by atoms with E-state index in [1.54, 1.807) is 18.2 Å². The van der Waals surface area contributed by atoms with Crippen molar-refractivity contribution in [3.8, 4) is 6.07 Å². The highest BCUT2D eigenvalue weighted by Gasteiger charge is 2.32. The zero-order valence-corrected chi connectivity index (χ0v) is 7.21. The third-order valence-corrected chi connectivity index (χ3v) is 2.19. The summed E-state index contributed by atoms with van der Waals surface area (Å²) in [7, 11) is 0. The number of nitriles is 1. The van der Waals surface area contributed by atoms with E-state index in [-0.39, 0.29) is 0 Å². The molecule has 1 aromatic carbocycles. The van der Waals surface area contributed by atoms with Gasteiger partial charge in [0.15, 0.2) is 0 Å². The molecule has 2 rings (SSSR count). The fraction of sp³-hybridized carbons (Fsp3) is 0.111. The number of carbonyl (C=O) groups is 1. The van der Waals surface area contributed by atoms with E-state index in [4.69, 9.17) is 21.6 Å². The van der Waals surface area contributed by atoms with Crippen LogP contribution in [0, 0.1) is 11.3 Å². The summed E-state index contributed by atoms with van der Waals surface area (Å²) in [6.07, 6.45) is -0.804. The number of hydrogen-bond donors (Lipinski definition) is 0. The van der Waals surface area contributed by atoms with Crippen LogP contribution in [0.1, 0.15) is 22.0 Å². The van der Waals surface area contributed by atoms with Gasteiger partial charge in [0.25, 0.3) is 0 Å². The van der Waals surface area contributed by atoms with Crippen molar-refractivity contribution < 1.29 is 9.53 Å². The predicted molar refractivity (Wildman–Crippen MR) is 45.2 cm³/mol. The van der Waals surface area contributed by atoms with Crippen LogP contribution in [0.25, 0.3) is 0 Å². The molecule has 4 heteroatoms. The molecule has 3 nitrogen and oxygen atoms in total. The van der Waals surface area contributed by atoms with Gasteiger partial charge in [-0.3, -0.25) is 0 Å². The first-order chi connectivity index (χ1) is 6.24. The first-order valence-corrected chi connectivity index (χ1v) is 4.01. The van der Waals surface area contributed by atoms with Gasteiger partial charge in [0, 0.05) is 5.56 Å². The van der Waals surface area contributed by atoms with Gasteiger partial charge in [-0.25, -0.2) is 4.79 Å². The monoisotopic (exact) mass is 193 g/mol. The van der Waals surface area contributed by atoms with Gasteiger partial charge in [-0.2, -0.15) is 5.26 Å². The molecule has 1 unspecified atom stereocenters. The molecule has 1 aliphatic heterocycles. The van der Waals surface area contributed by atoms with Gasteiger partial charge in [0.05, 0.1) is 10.6 Å².